The number of aliphatic hydroxyl groups is 1. The Bertz CT molecular complexity index is 1170. The van der Waals surface area contributed by atoms with Gasteiger partial charge in [-0.1, -0.05) is 11.6 Å². The Hall–Kier alpha value is -3.18. The minimum atomic E-state index is -0.490. The van der Waals surface area contributed by atoms with Gasteiger partial charge in [-0.15, -0.1) is 5.10 Å². The van der Waals surface area contributed by atoms with Crippen LogP contribution in [0.5, 0.6) is 0 Å². The van der Waals surface area contributed by atoms with Gasteiger partial charge >= 0.3 is 0 Å². The molecule has 1 amide bonds. The van der Waals surface area contributed by atoms with E-state index in [1.807, 2.05) is 0 Å². The highest BCUT2D eigenvalue weighted by molar-refractivity contribution is 6.30. The average Bonchev–Trinajstić information content (AvgIpc) is 2.82. The number of amides is 1. The molecule has 3 aromatic rings. The fraction of sp³-hybridized carbons (Fsp3) is 0.304. The van der Waals surface area contributed by atoms with Crippen molar-refractivity contribution in [1.29, 1.82) is 0 Å². The highest BCUT2D eigenvalue weighted by Crippen LogP contribution is 2.29. The van der Waals surface area contributed by atoms with E-state index in [4.69, 9.17) is 11.6 Å². The van der Waals surface area contributed by atoms with Gasteiger partial charge in [-0.05, 0) is 37.4 Å². The molecular weight excluding hydrogens is 461 g/mol. The number of hydrogen-bond donors (Lipinski definition) is 3. The minimum Gasteiger partial charge on any atom is -0.390 e. The first-order chi connectivity index (χ1) is 16.4. The number of piperazine rings is 1. The van der Waals surface area contributed by atoms with Crippen molar-refractivity contribution in [3.05, 3.63) is 59.1 Å². The lowest BCUT2D eigenvalue weighted by Crippen LogP contribution is -2.47. The molecule has 3 heterocycles. The summed E-state index contributed by atoms with van der Waals surface area (Å²) in [5.41, 5.74) is 1.77. The summed E-state index contributed by atoms with van der Waals surface area (Å²) in [6.45, 7) is 3.47. The smallest absolute Gasteiger partial charge is 0.239 e. The van der Waals surface area contributed by atoms with Gasteiger partial charge in [0.05, 0.1) is 24.5 Å². The van der Waals surface area contributed by atoms with Gasteiger partial charge in [-0.2, -0.15) is 5.10 Å². The number of halogens is 2. The quantitative estimate of drug-likeness (QED) is 0.469. The molecule has 0 unspecified atom stereocenters. The van der Waals surface area contributed by atoms with E-state index in [1.54, 1.807) is 24.4 Å². The third-order valence-electron chi connectivity index (χ3n) is 5.49. The number of hydrogen-bond acceptors (Lipinski definition) is 8. The zero-order valence-corrected chi connectivity index (χ0v) is 19.4. The molecule has 34 heavy (non-hydrogen) atoms. The fourth-order valence-corrected chi connectivity index (χ4v) is 3.76. The van der Waals surface area contributed by atoms with Crippen molar-refractivity contribution >= 4 is 34.7 Å². The van der Waals surface area contributed by atoms with Crippen LogP contribution in [-0.2, 0) is 11.4 Å². The molecule has 1 aliphatic heterocycles. The van der Waals surface area contributed by atoms with Crippen molar-refractivity contribution in [3.8, 4) is 11.3 Å². The van der Waals surface area contributed by atoms with Crippen LogP contribution in [0.3, 0.4) is 0 Å². The number of anilines is 3. The molecule has 2 aromatic heterocycles. The molecule has 178 valence electrons. The summed E-state index contributed by atoms with van der Waals surface area (Å²) in [5.74, 6) is -0.247. The Morgan fingerprint density at radius 2 is 1.94 bits per heavy atom. The van der Waals surface area contributed by atoms with Crippen molar-refractivity contribution in [2.24, 2.45) is 0 Å². The molecule has 0 aliphatic carbocycles. The molecule has 0 atom stereocenters. The maximum atomic E-state index is 14.3. The van der Waals surface area contributed by atoms with Crippen LogP contribution in [0.25, 0.3) is 11.3 Å². The van der Waals surface area contributed by atoms with Crippen LogP contribution in [0.4, 0.5) is 21.6 Å². The Morgan fingerprint density at radius 1 is 1.15 bits per heavy atom. The highest BCUT2D eigenvalue weighted by Gasteiger charge is 2.17. The van der Waals surface area contributed by atoms with E-state index in [-0.39, 0.29) is 29.5 Å². The SMILES string of the molecule is CN1CCN(CC(=O)Nc2cc(Nc3cc(-c4cc(Cl)ccc4F)nnc3CO)ccn2)CC1. The Labute approximate surface area is 201 Å². The lowest BCUT2D eigenvalue weighted by molar-refractivity contribution is -0.117. The summed E-state index contributed by atoms with van der Waals surface area (Å²) in [6.07, 6.45) is 1.55. The second kappa shape index (κ2) is 10.8. The zero-order valence-electron chi connectivity index (χ0n) is 18.6. The van der Waals surface area contributed by atoms with Crippen LogP contribution >= 0.6 is 11.6 Å². The van der Waals surface area contributed by atoms with Gasteiger partial charge in [0.25, 0.3) is 0 Å². The van der Waals surface area contributed by atoms with Gasteiger partial charge in [-0.25, -0.2) is 9.37 Å². The summed E-state index contributed by atoms with van der Waals surface area (Å²) in [6, 6.07) is 9.13. The number of likely N-dealkylation sites (N-methyl/N-ethyl adjacent to an activating group) is 1. The number of nitrogens with one attached hydrogen (secondary N) is 2. The molecule has 3 N–H and O–H groups in total. The summed E-state index contributed by atoms with van der Waals surface area (Å²) in [4.78, 5) is 21.0. The van der Waals surface area contributed by atoms with Crippen LogP contribution in [0.1, 0.15) is 5.69 Å². The lowest BCUT2D eigenvalue weighted by atomic mass is 10.1. The average molecular weight is 486 g/mol. The van der Waals surface area contributed by atoms with E-state index in [2.05, 4.69) is 42.7 Å². The number of carbonyl (C=O) groups is 1. The van der Waals surface area contributed by atoms with Crippen molar-refractivity contribution in [2.45, 2.75) is 6.61 Å². The predicted molar refractivity (Wildman–Crippen MR) is 128 cm³/mol. The summed E-state index contributed by atoms with van der Waals surface area (Å²) < 4.78 is 14.3. The highest BCUT2D eigenvalue weighted by atomic mass is 35.5. The first kappa shape index (κ1) is 24.0. The number of nitrogens with zero attached hydrogens (tertiary/aromatic N) is 5. The first-order valence-electron chi connectivity index (χ1n) is 10.8. The molecule has 1 fully saturated rings. The second-order valence-electron chi connectivity index (χ2n) is 8.05. The van der Waals surface area contributed by atoms with E-state index in [1.165, 1.54) is 18.2 Å². The third-order valence-corrected chi connectivity index (χ3v) is 5.73. The van der Waals surface area contributed by atoms with Crippen LogP contribution in [0, 0.1) is 5.82 Å². The molecule has 11 heteroatoms. The summed E-state index contributed by atoms with van der Waals surface area (Å²) in [7, 11) is 2.06. The van der Waals surface area contributed by atoms with Crippen LogP contribution < -0.4 is 10.6 Å². The third kappa shape index (κ3) is 6.03. The van der Waals surface area contributed by atoms with Gasteiger partial charge in [0.1, 0.15) is 17.3 Å². The molecule has 1 aliphatic rings. The Kier molecular flexibility index (Phi) is 7.63. The lowest BCUT2D eigenvalue weighted by Gasteiger charge is -2.31. The maximum absolute atomic E-state index is 14.3. The molecular formula is C23H25ClFN7O2. The van der Waals surface area contributed by atoms with Gasteiger partial charge in [-0.3, -0.25) is 9.69 Å². The molecule has 1 aromatic carbocycles. The van der Waals surface area contributed by atoms with E-state index < -0.39 is 5.82 Å². The number of carbonyl (C=O) groups excluding carboxylic acids is 1. The number of aliphatic hydroxyl groups excluding tert-OH is 1. The normalized spacial score (nSPS) is 14.7. The monoisotopic (exact) mass is 485 g/mol. The largest absolute Gasteiger partial charge is 0.390 e. The van der Waals surface area contributed by atoms with E-state index in [0.29, 0.717) is 28.8 Å². The summed E-state index contributed by atoms with van der Waals surface area (Å²) >= 11 is 6.00. The fourth-order valence-electron chi connectivity index (χ4n) is 3.59. The topological polar surface area (TPSA) is 107 Å². The van der Waals surface area contributed by atoms with Gasteiger partial charge < -0.3 is 20.6 Å². The van der Waals surface area contributed by atoms with Gasteiger partial charge in [0, 0.05) is 54.7 Å². The predicted octanol–water partition coefficient (Wildman–Crippen LogP) is 2.75. The second-order valence-corrected chi connectivity index (χ2v) is 8.49. The molecule has 4 rings (SSSR count). The first-order valence-corrected chi connectivity index (χ1v) is 11.2. The molecule has 0 saturated carbocycles. The van der Waals surface area contributed by atoms with E-state index >= 15 is 0 Å². The van der Waals surface area contributed by atoms with Gasteiger partial charge in [0.15, 0.2) is 0 Å². The molecule has 9 nitrogen and oxygen atoms in total. The number of pyridine rings is 1. The summed E-state index contributed by atoms with van der Waals surface area (Å²) in [5, 5.41) is 24.0. The van der Waals surface area contributed by atoms with E-state index in [0.717, 1.165) is 26.2 Å². The number of aromatic nitrogens is 3. The van der Waals surface area contributed by atoms with Crippen LogP contribution in [-0.4, -0.2) is 75.8 Å². The van der Waals surface area contributed by atoms with Crippen molar-refractivity contribution in [2.75, 3.05) is 50.4 Å². The number of benzene rings is 1. The molecule has 0 bridgehead atoms. The number of rotatable bonds is 7. The minimum absolute atomic E-state index is 0.144. The van der Waals surface area contributed by atoms with Crippen molar-refractivity contribution in [1.82, 2.24) is 25.0 Å². The Balaban J connectivity index is 1.49. The zero-order chi connectivity index (χ0) is 24.1. The van der Waals surface area contributed by atoms with Crippen LogP contribution in [0.15, 0.2) is 42.6 Å². The van der Waals surface area contributed by atoms with Gasteiger partial charge in [0.2, 0.25) is 5.91 Å². The molecule has 0 spiro atoms. The Morgan fingerprint density at radius 3 is 2.71 bits per heavy atom. The van der Waals surface area contributed by atoms with Crippen LogP contribution in [0.2, 0.25) is 5.02 Å². The molecule has 0 radical (unpaired) electrons. The standard InChI is InChI=1S/C23H25ClFN7O2/c1-31-6-8-32(9-7-31)13-23(34)28-22-11-16(4-5-26-22)27-20-12-19(29-30-21(20)14-33)17-10-15(24)2-3-18(17)25/h2-5,10-12,33H,6-9,13-14H2,1H3,(H2,26,27,28,29,34). The molecule has 1 saturated heterocycles. The van der Waals surface area contributed by atoms with E-state index in [9.17, 15) is 14.3 Å². The van der Waals surface area contributed by atoms with Crippen molar-refractivity contribution in [3.63, 3.8) is 0 Å². The van der Waals surface area contributed by atoms with Crippen molar-refractivity contribution < 1.29 is 14.3 Å². The maximum Gasteiger partial charge on any atom is 0.239 e.